The van der Waals surface area contributed by atoms with Crippen LogP contribution in [0.15, 0.2) is 73.1 Å². The molecular weight excluding hydrogens is 344 g/mol. The van der Waals surface area contributed by atoms with E-state index in [1.54, 1.807) is 6.20 Å². The van der Waals surface area contributed by atoms with Gasteiger partial charge in [-0.3, -0.25) is 4.98 Å². The molecule has 0 aliphatic heterocycles. The van der Waals surface area contributed by atoms with Gasteiger partial charge >= 0.3 is 0 Å². The maximum atomic E-state index is 5.96. The first-order chi connectivity index (χ1) is 12.8. The lowest BCUT2D eigenvalue weighted by atomic mass is 10.0. The largest absolute Gasteiger partial charge is 0.338 e. The summed E-state index contributed by atoms with van der Waals surface area (Å²) in [4.78, 5) is 4.17. The first-order valence-electron chi connectivity index (χ1n) is 8.45. The second kappa shape index (κ2) is 7.50. The van der Waals surface area contributed by atoms with Crippen molar-refractivity contribution < 1.29 is 0 Å². The molecule has 26 heavy (non-hydrogen) atoms. The molecule has 2 heterocycles. The second-order valence-corrected chi connectivity index (χ2v) is 6.47. The molecule has 128 valence electrons. The van der Waals surface area contributed by atoms with Gasteiger partial charge in [0.1, 0.15) is 0 Å². The van der Waals surface area contributed by atoms with Crippen LogP contribution < -0.4 is 5.32 Å². The molecule has 0 spiro atoms. The molecule has 5 heteroatoms. The van der Waals surface area contributed by atoms with E-state index in [0.29, 0.717) is 5.02 Å². The van der Waals surface area contributed by atoms with E-state index < -0.39 is 0 Å². The average Bonchev–Trinajstić information content (AvgIpc) is 2.70. The molecule has 0 unspecified atom stereocenters. The van der Waals surface area contributed by atoms with Crippen molar-refractivity contribution in [2.45, 2.75) is 12.8 Å². The first kappa shape index (κ1) is 16.5. The summed E-state index contributed by atoms with van der Waals surface area (Å²) in [7, 11) is 0. The smallest absolute Gasteiger partial charge is 0.160 e. The molecule has 0 atom stereocenters. The highest BCUT2D eigenvalue weighted by atomic mass is 35.5. The lowest BCUT2D eigenvalue weighted by Gasteiger charge is -2.11. The molecule has 4 aromatic rings. The predicted molar refractivity (Wildman–Crippen MR) is 106 cm³/mol. The van der Waals surface area contributed by atoms with E-state index in [-0.39, 0.29) is 0 Å². The van der Waals surface area contributed by atoms with Crippen LogP contribution in [0.5, 0.6) is 0 Å². The second-order valence-electron chi connectivity index (χ2n) is 6.03. The molecule has 0 saturated heterocycles. The number of anilines is 2. The Balaban J connectivity index is 1.63. The van der Waals surface area contributed by atoms with Gasteiger partial charge in [-0.2, -0.15) is 5.10 Å². The number of aromatic nitrogens is 3. The molecule has 0 bridgehead atoms. The quantitative estimate of drug-likeness (QED) is 0.531. The summed E-state index contributed by atoms with van der Waals surface area (Å²) in [6.07, 6.45) is 5.39. The van der Waals surface area contributed by atoms with Gasteiger partial charge in [0.2, 0.25) is 0 Å². The van der Waals surface area contributed by atoms with Gasteiger partial charge in [0, 0.05) is 33.9 Å². The van der Waals surface area contributed by atoms with E-state index >= 15 is 0 Å². The van der Waals surface area contributed by atoms with E-state index in [1.165, 1.54) is 5.56 Å². The topological polar surface area (TPSA) is 50.7 Å². The van der Waals surface area contributed by atoms with Gasteiger partial charge in [-0.15, -0.1) is 5.10 Å². The van der Waals surface area contributed by atoms with E-state index in [9.17, 15) is 0 Å². The summed E-state index contributed by atoms with van der Waals surface area (Å²) in [6, 6.07) is 19.8. The Bertz CT molecular complexity index is 1020. The van der Waals surface area contributed by atoms with Crippen molar-refractivity contribution in [3.8, 4) is 0 Å². The maximum absolute atomic E-state index is 5.96. The van der Waals surface area contributed by atoms with Crippen molar-refractivity contribution in [1.82, 2.24) is 15.2 Å². The van der Waals surface area contributed by atoms with Gasteiger partial charge in [-0.1, -0.05) is 41.9 Å². The van der Waals surface area contributed by atoms with Crippen LogP contribution >= 0.6 is 11.6 Å². The number of pyridine rings is 1. The van der Waals surface area contributed by atoms with Crippen LogP contribution in [0.1, 0.15) is 11.3 Å². The number of nitrogens with zero attached hydrogens (tertiary/aromatic N) is 3. The monoisotopic (exact) mass is 360 g/mol. The highest BCUT2D eigenvalue weighted by Gasteiger charge is 2.09. The molecular formula is C21H17ClN4. The molecule has 4 nitrogen and oxygen atoms in total. The Hall–Kier alpha value is -2.98. The Morgan fingerprint density at radius 1 is 0.808 bits per heavy atom. The fourth-order valence-electron chi connectivity index (χ4n) is 2.92. The van der Waals surface area contributed by atoms with Crippen molar-refractivity contribution in [1.29, 1.82) is 0 Å². The third kappa shape index (κ3) is 3.65. The molecule has 0 fully saturated rings. The number of nitrogens with one attached hydrogen (secondary N) is 1. The molecule has 0 aliphatic rings. The van der Waals surface area contributed by atoms with Gasteiger partial charge in [0.25, 0.3) is 0 Å². The van der Waals surface area contributed by atoms with E-state index in [1.807, 2.05) is 48.7 Å². The van der Waals surface area contributed by atoms with Crippen molar-refractivity contribution in [3.63, 3.8) is 0 Å². The lowest BCUT2D eigenvalue weighted by molar-refractivity contribution is 0.873. The number of benzene rings is 2. The highest BCUT2D eigenvalue weighted by Crippen LogP contribution is 2.26. The number of hydrogen-bond acceptors (Lipinski definition) is 4. The van der Waals surface area contributed by atoms with E-state index in [0.717, 1.165) is 40.8 Å². The van der Waals surface area contributed by atoms with Crippen molar-refractivity contribution in [2.75, 3.05) is 5.32 Å². The number of rotatable bonds is 5. The molecule has 1 N–H and O–H groups in total. The summed E-state index contributed by atoms with van der Waals surface area (Å²) < 4.78 is 0. The minimum atomic E-state index is 0.706. The zero-order valence-corrected chi connectivity index (χ0v) is 14.8. The summed E-state index contributed by atoms with van der Waals surface area (Å²) in [5.41, 5.74) is 3.12. The van der Waals surface area contributed by atoms with Gasteiger partial charge in [0.05, 0.1) is 5.69 Å². The standard InChI is InChI=1S/C21H17ClN4/c22-16-8-10-17(11-9-16)24-21-19-6-2-1-5-18(19)20(25-26-21)12-7-15-4-3-13-23-14-15/h1-6,8-11,13-14H,7,12H2,(H,24,26). The third-order valence-corrected chi connectivity index (χ3v) is 4.50. The number of halogens is 1. The zero-order chi connectivity index (χ0) is 17.8. The van der Waals surface area contributed by atoms with Crippen LogP contribution in [0, 0.1) is 0 Å². The van der Waals surface area contributed by atoms with Crippen molar-refractivity contribution in [2.24, 2.45) is 0 Å². The Kier molecular flexibility index (Phi) is 4.75. The summed E-state index contributed by atoms with van der Waals surface area (Å²) in [6.45, 7) is 0. The average molecular weight is 361 g/mol. The molecule has 2 aromatic carbocycles. The normalized spacial score (nSPS) is 10.8. The molecule has 0 aliphatic carbocycles. The van der Waals surface area contributed by atoms with Gasteiger partial charge in [0.15, 0.2) is 5.82 Å². The Labute approximate surface area is 156 Å². The Morgan fingerprint density at radius 2 is 1.62 bits per heavy atom. The number of fused-ring (bicyclic) bond motifs is 1. The molecule has 0 radical (unpaired) electrons. The third-order valence-electron chi connectivity index (χ3n) is 4.24. The minimum absolute atomic E-state index is 0.706. The van der Waals surface area contributed by atoms with Crippen LogP contribution in [0.3, 0.4) is 0 Å². The summed E-state index contributed by atoms with van der Waals surface area (Å²) in [5, 5.41) is 15.1. The SMILES string of the molecule is Clc1ccc(Nc2nnc(CCc3cccnc3)c3ccccc23)cc1. The zero-order valence-electron chi connectivity index (χ0n) is 14.1. The van der Waals surface area contributed by atoms with Gasteiger partial charge < -0.3 is 5.32 Å². The van der Waals surface area contributed by atoms with Gasteiger partial charge in [-0.05, 0) is 48.7 Å². The maximum Gasteiger partial charge on any atom is 0.160 e. The number of aryl methyl sites for hydroxylation is 2. The molecule has 4 rings (SSSR count). The lowest BCUT2D eigenvalue weighted by Crippen LogP contribution is -2.02. The van der Waals surface area contributed by atoms with Crippen molar-refractivity contribution in [3.05, 3.63) is 89.3 Å². The fourth-order valence-corrected chi connectivity index (χ4v) is 3.04. The fraction of sp³-hybridized carbons (Fsp3) is 0.0952. The minimum Gasteiger partial charge on any atom is -0.338 e. The number of hydrogen-bond donors (Lipinski definition) is 1. The van der Waals surface area contributed by atoms with Crippen LogP contribution in [-0.2, 0) is 12.8 Å². The summed E-state index contributed by atoms with van der Waals surface area (Å²) in [5.74, 6) is 0.744. The van der Waals surface area contributed by atoms with Crippen LogP contribution in [0.25, 0.3) is 10.8 Å². The van der Waals surface area contributed by atoms with Crippen molar-refractivity contribution >= 4 is 33.9 Å². The molecule has 0 saturated carbocycles. The van der Waals surface area contributed by atoms with E-state index in [2.05, 4.69) is 38.7 Å². The van der Waals surface area contributed by atoms with Gasteiger partial charge in [-0.25, -0.2) is 0 Å². The first-order valence-corrected chi connectivity index (χ1v) is 8.83. The van der Waals surface area contributed by atoms with Crippen LogP contribution in [0.4, 0.5) is 11.5 Å². The predicted octanol–water partition coefficient (Wildman–Crippen LogP) is 5.21. The Morgan fingerprint density at radius 3 is 2.38 bits per heavy atom. The van der Waals surface area contributed by atoms with E-state index in [4.69, 9.17) is 11.6 Å². The van der Waals surface area contributed by atoms with Crippen LogP contribution in [0.2, 0.25) is 5.02 Å². The van der Waals surface area contributed by atoms with Crippen LogP contribution in [-0.4, -0.2) is 15.2 Å². The highest BCUT2D eigenvalue weighted by molar-refractivity contribution is 6.30. The summed E-state index contributed by atoms with van der Waals surface area (Å²) >= 11 is 5.96. The molecule has 0 amide bonds. The molecule has 2 aromatic heterocycles.